The lowest BCUT2D eigenvalue weighted by Gasteiger charge is -2.30. The smallest absolute Gasteiger partial charge is 0.254 e. The second-order valence-electron chi connectivity index (χ2n) is 7.33. The Morgan fingerprint density at radius 2 is 1.88 bits per heavy atom. The van der Waals surface area contributed by atoms with Crippen LogP contribution in [-0.4, -0.2) is 42.6 Å². The van der Waals surface area contributed by atoms with Gasteiger partial charge in [-0.15, -0.1) is 0 Å². The van der Waals surface area contributed by atoms with Crippen molar-refractivity contribution in [1.29, 1.82) is 0 Å². The molecule has 0 aliphatic carbocycles. The average molecular weight is 349 g/mol. The van der Waals surface area contributed by atoms with Crippen molar-refractivity contribution in [2.45, 2.75) is 78.9 Å². The van der Waals surface area contributed by atoms with E-state index in [1.807, 2.05) is 39.1 Å². The number of benzene rings is 1. The number of hydrogen-bond donors (Lipinski definition) is 1. The van der Waals surface area contributed by atoms with Crippen LogP contribution in [0, 0.1) is 0 Å². The maximum atomic E-state index is 12.6. The first-order chi connectivity index (χ1) is 11.8. The number of hydrogen-bond acceptors (Lipinski definition) is 3. The standard InChI is InChI=1S/C17H26N2O2.C4H10/c1-11(2)18-13-9-15-14(17(20)19(5)12(3)4)7-6-8-16(15)21-10-13;1-3-4-2/h6-8,11-13,18H,9-10H2,1-5H3;3-4H2,1-2H3. The largest absolute Gasteiger partial charge is 0.492 e. The first-order valence-corrected chi connectivity index (χ1v) is 9.59. The summed E-state index contributed by atoms with van der Waals surface area (Å²) in [5.41, 5.74) is 1.79. The van der Waals surface area contributed by atoms with Gasteiger partial charge in [-0.05, 0) is 32.4 Å². The van der Waals surface area contributed by atoms with E-state index >= 15 is 0 Å². The van der Waals surface area contributed by atoms with Gasteiger partial charge in [0.15, 0.2) is 0 Å². The third-order valence-corrected chi connectivity index (χ3v) is 4.42. The zero-order valence-corrected chi connectivity index (χ0v) is 17.1. The second-order valence-corrected chi connectivity index (χ2v) is 7.33. The number of ether oxygens (including phenoxy) is 1. The number of carbonyl (C=O) groups is 1. The number of nitrogens with one attached hydrogen (secondary N) is 1. The van der Waals surface area contributed by atoms with Gasteiger partial charge < -0.3 is 15.0 Å². The van der Waals surface area contributed by atoms with Crippen LogP contribution in [0.15, 0.2) is 18.2 Å². The highest BCUT2D eigenvalue weighted by molar-refractivity contribution is 5.96. The van der Waals surface area contributed by atoms with Crippen molar-refractivity contribution in [1.82, 2.24) is 10.2 Å². The molecule has 0 spiro atoms. The molecule has 25 heavy (non-hydrogen) atoms. The Morgan fingerprint density at radius 3 is 2.40 bits per heavy atom. The summed E-state index contributed by atoms with van der Waals surface area (Å²) in [6, 6.07) is 6.60. The molecule has 1 aliphatic rings. The lowest BCUT2D eigenvalue weighted by molar-refractivity contribution is 0.0752. The Labute approximate surface area is 153 Å². The fourth-order valence-corrected chi connectivity index (χ4v) is 2.61. The average Bonchev–Trinajstić information content (AvgIpc) is 2.59. The van der Waals surface area contributed by atoms with Crippen molar-refractivity contribution in [3.8, 4) is 5.75 Å². The molecule has 142 valence electrons. The van der Waals surface area contributed by atoms with Gasteiger partial charge >= 0.3 is 0 Å². The van der Waals surface area contributed by atoms with Gasteiger partial charge in [0.25, 0.3) is 5.91 Å². The molecule has 1 aromatic carbocycles. The number of fused-ring (bicyclic) bond motifs is 1. The van der Waals surface area contributed by atoms with Crippen LogP contribution >= 0.6 is 0 Å². The number of carbonyl (C=O) groups excluding carboxylic acids is 1. The Morgan fingerprint density at radius 1 is 1.24 bits per heavy atom. The highest BCUT2D eigenvalue weighted by atomic mass is 16.5. The van der Waals surface area contributed by atoms with Crippen LogP contribution in [0.3, 0.4) is 0 Å². The van der Waals surface area contributed by atoms with Crippen LogP contribution in [0.2, 0.25) is 0 Å². The zero-order chi connectivity index (χ0) is 19.0. The molecule has 1 unspecified atom stereocenters. The van der Waals surface area contributed by atoms with Crippen molar-refractivity contribution in [2.75, 3.05) is 13.7 Å². The quantitative estimate of drug-likeness (QED) is 0.864. The lowest BCUT2D eigenvalue weighted by atomic mass is 9.96. The zero-order valence-electron chi connectivity index (χ0n) is 17.1. The maximum absolute atomic E-state index is 12.6. The summed E-state index contributed by atoms with van der Waals surface area (Å²) >= 11 is 0. The monoisotopic (exact) mass is 348 g/mol. The minimum absolute atomic E-state index is 0.0654. The fraction of sp³-hybridized carbons (Fsp3) is 0.667. The predicted molar refractivity (Wildman–Crippen MR) is 106 cm³/mol. The SMILES string of the molecule is CC(C)NC1COc2cccc(C(=O)N(C)C(C)C)c2C1.CCCC. The molecule has 0 saturated heterocycles. The number of rotatable bonds is 5. The van der Waals surface area contributed by atoms with E-state index in [-0.39, 0.29) is 18.0 Å². The van der Waals surface area contributed by atoms with Crippen LogP contribution in [-0.2, 0) is 6.42 Å². The van der Waals surface area contributed by atoms with E-state index < -0.39 is 0 Å². The van der Waals surface area contributed by atoms with Crippen molar-refractivity contribution < 1.29 is 9.53 Å². The molecule has 0 bridgehead atoms. The van der Waals surface area contributed by atoms with Gasteiger partial charge in [-0.3, -0.25) is 4.79 Å². The lowest BCUT2D eigenvalue weighted by Crippen LogP contribution is -2.43. The molecule has 1 N–H and O–H groups in total. The Hall–Kier alpha value is -1.55. The van der Waals surface area contributed by atoms with Crippen molar-refractivity contribution in [3.05, 3.63) is 29.3 Å². The number of nitrogens with zero attached hydrogens (tertiary/aromatic N) is 1. The summed E-state index contributed by atoms with van der Waals surface area (Å²) in [7, 11) is 1.85. The van der Waals surface area contributed by atoms with Crippen LogP contribution < -0.4 is 10.1 Å². The Balaban J connectivity index is 0.000000705. The van der Waals surface area contributed by atoms with Crippen LogP contribution in [0.25, 0.3) is 0 Å². The number of amides is 1. The first kappa shape index (κ1) is 21.5. The first-order valence-electron chi connectivity index (χ1n) is 9.59. The molecule has 2 rings (SSSR count). The molecule has 1 atom stereocenters. The summed E-state index contributed by atoms with van der Waals surface area (Å²) in [4.78, 5) is 14.4. The highest BCUT2D eigenvalue weighted by Crippen LogP contribution is 2.29. The summed E-state index contributed by atoms with van der Waals surface area (Å²) in [6.07, 6.45) is 3.47. The topological polar surface area (TPSA) is 41.6 Å². The maximum Gasteiger partial charge on any atom is 0.254 e. The normalized spacial score (nSPS) is 16.0. The molecule has 0 radical (unpaired) electrons. The molecule has 1 aliphatic heterocycles. The Bertz CT molecular complexity index is 539. The van der Waals surface area contributed by atoms with Crippen LogP contribution in [0.1, 0.15) is 70.3 Å². The fourth-order valence-electron chi connectivity index (χ4n) is 2.61. The minimum Gasteiger partial charge on any atom is -0.492 e. The van der Waals surface area contributed by atoms with Gasteiger partial charge in [0, 0.05) is 36.3 Å². The molecular formula is C21H36N2O2. The van der Waals surface area contributed by atoms with E-state index in [1.165, 1.54) is 12.8 Å². The van der Waals surface area contributed by atoms with Crippen molar-refractivity contribution >= 4 is 5.91 Å². The number of unbranched alkanes of at least 4 members (excludes halogenated alkanes) is 1. The van der Waals surface area contributed by atoms with E-state index in [0.29, 0.717) is 12.6 Å². The van der Waals surface area contributed by atoms with Crippen LogP contribution in [0.5, 0.6) is 5.75 Å². The van der Waals surface area contributed by atoms with E-state index in [1.54, 1.807) is 4.90 Å². The van der Waals surface area contributed by atoms with Gasteiger partial charge in [-0.1, -0.05) is 46.6 Å². The summed E-state index contributed by atoms with van der Waals surface area (Å²) in [5, 5.41) is 3.49. The van der Waals surface area contributed by atoms with Crippen molar-refractivity contribution in [2.24, 2.45) is 0 Å². The van der Waals surface area contributed by atoms with Crippen LogP contribution in [0.4, 0.5) is 0 Å². The van der Waals surface area contributed by atoms with Crippen molar-refractivity contribution in [3.63, 3.8) is 0 Å². The summed E-state index contributed by atoms with van der Waals surface area (Å²) < 4.78 is 5.83. The molecule has 0 fully saturated rings. The molecular weight excluding hydrogens is 312 g/mol. The third-order valence-electron chi connectivity index (χ3n) is 4.42. The van der Waals surface area contributed by atoms with Gasteiger partial charge in [0.1, 0.15) is 12.4 Å². The van der Waals surface area contributed by atoms with Gasteiger partial charge in [-0.2, -0.15) is 0 Å². The predicted octanol–water partition coefficient (Wildman–Crippen LogP) is 4.27. The van der Waals surface area contributed by atoms with E-state index in [2.05, 4.69) is 33.0 Å². The van der Waals surface area contributed by atoms with E-state index in [4.69, 9.17) is 4.74 Å². The molecule has 1 amide bonds. The molecule has 1 heterocycles. The molecule has 0 saturated carbocycles. The molecule has 1 aromatic rings. The molecule has 4 nitrogen and oxygen atoms in total. The van der Waals surface area contributed by atoms with Gasteiger partial charge in [0.05, 0.1) is 0 Å². The highest BCUT2D eigenvalue weighted by Gasteiger charge is 2.26. The van der Waals surface area contributed by atoms with Gasteiger partial charge in [0.2, 0.25) is 0 Å². The summed E-state index contributed by atoms with van der Waals surface area (Å²) in [6.45, 7) is 13.3. The Kier molecular flexibility index (Phi) is 8.98. The molecule has 0 aromatic heterocycles. The minimum atomic E-state index is 0.0654. The van der Waals surface area contributed by atoms with E-state index in [0.717, 1.165) is 23.3 Å². The van der Waals surface area contributed by atoms with Gasteiger partial charge in [-0.25, -0.2) is 0 Å². The second kappa shape index (κ2) is 10.4. The summed E-state index contributed by atoms with van der Waals surface area (Å²) in [5.74, 6) is 0.912. The third kappa shape index (κ3) is 6.35. The molecule has 4 heteroatoms. The van der Waals surface area contributed by atoms with E-state index in [9.17, 15) is 4.79 Å².